The molecule has 0 aromatic heterocycles. The number of ether oxygens (including phenoxy) is 1. The molecule has 2 atom stereocenters. The minimum Gasteiger partial charge on any atom is -0.369 e. The van der Waals surface area contributed by atoms with E-state index in [4.69, 9.17) is 4.74 Å². The Morgan fingerprint density at radius 1 is 1.31 bits per heavy atom. The first-order valence-corrected chi connectivity index (χ1v) is 7.22. The molecule has 1 nitrogen and oxygen atoms in total. The van der Waals surface area contributed by atoms with Gasteiger partial charge < -0.3 is 4.74 Å². The van der Waals surface area contributed by atoms with Gasteiger partial charge in [-0.25, -0.2) is 0 Å². The fourth-order valence-electron chi connectivity index (χ4n) is 3.65. The van der Waals surface area contributed by atoms with Crippen LogP contribution in [0.25, 0.3) is 0 Å². The first-order valence-electron chi connectivity index (χ1n) is 6.30. The van der Waals surface area contributed by atoms with Gasteiger partial charge in [-0.1, -0.05) is 36.7 Å². The molecule has 2 unspecified atom stereocenters. The quantitative estimate of drug-likeness (QED) is 0.680. The van der Waals surface area contributed by atoms with Crippen LogP contribution in [-0.2, 0) is 4.74 Å². The van der Waals surface area contributed by atoms with Crippen LogP contribution >= 0.6 is 15.9 Å². The number of hydrogen-bond acceptors (Lipinski definition) is 1. The molecule has 1 rings (SSSR count). The molecule has 0 N–H and O–H groups in total. The van der Waals surface area contributed by atoms with Crippen LogP contribution in [0.1, 0.15) is 61.3 Å². The zero-order valence-electron chi connectivity index (χ0n) is 11.9. The minimum atomic E-state index is -0.00507. The van der Waals surface area contributed by atoms with Crippen molar-refractivity contribution in [2.45, 2.75) is 77.3 Å². The molecule has 16 heavy (non-hydrogen) atoms. The number of hydrogen-bond donors (Lipinski definition) is 0. The average Bonchev–Trinajstić information content (AvgIpc) is 2.16. The van der Waals surface area contributed by atoms with E-state index in [1.807, 2.05) is 0 Å². The van der Waals surface area contributed by atoms with Gasteiger partial charge >= 0.3 is 0 Å². The van der Waals surface area contributed by atoms with Gasteiger partial charge in [-0.15, -0.1) is 0 Å². The SMILES string of the molecule is CC(Br)CC(C)(C)C1CC(C)(C)OC1(C)C. The number of rotatable bonds is 3. The van der Waals surface area contributed by atoms with Gasteiger partial charge in [0.15, 0.2) is 0 Å². The van der Waals surface area contributed by atoms with Crippen LogP contribution in [0, 0.1) is 11.3 Å². The molecule has 1 aliphatic rings. The first-order chi connectivity index (χ1) is 6.96. The lowest BCUT2D eigenvalue weighted by Crippen LogP contribution is -2.39. The Labute approximate surface area is 109 Å². The molecule has 1 aliphatic heterocycles. The van der Waals surface area contributed by atoms with E-state index in [-0.39, 0.29) is 11.2 Å². The Morgan fingerprint density at radius 3 is 2.12 bits per heavy atom. The highest BCUT2D eigenvalue weighted by Gasteiger charge is 2.51. The first kappa shape index (κ1) is 14.5. The van der Waals surface area contributed by atoms with Crippen LogP contribution in [-0.4, -0.2) is 16.0 Å². The summed E-state index contributed by atoms with van der Waals surface area (Å²) in [6.45, 7) is 15.9. The van der Waals surface area contributed by atoms with Gasteiger partial charge in [0, 0.05) is 4.83 Å². The predicted octanol–water partition coefficient (Wildman–Crippen LogP) is 4.78. The molecule has 0 radical (unpaired) electrons. The molecule has 0 saturated carbocycles. The van der Waals surface area contributed by atoms with Crippen molar-refractivity contribution < 1.29 is 4.74 Å². The highest BCUT2D eigenvalue weighted by Crippen LogP contribution is 2.52. The summed E-state index contributed by atoms with van der Waals surface area (Å²) in [6, 6.07) is 0. The summed E-state index contributed by atoms with van der Waals surface area (Å²) in [5.41, 5.74) is 0.343. The van der Waals surface area contributed by atoms with Crippen LogP contribution < -0.4 is 0 Å². The molecular weight excluding hydrogens is 264 g/mol. The van der Waals surface area contributed by atoms with Gasteiger partial charge in [0.1, 0.15) is 0 Å². The largest absolute Gasteiger partial charge is 0.369 e. The summed E-state index contributed by atoms with van der Waals surface area (Å²) in [5, 5.41) is 0. The number of alkyl halides is 1. The van der Waals surface area contributed by atoms with E-state index >= 15 is 0 Å². The predicted molar refractivity (Wildman–Crippen MR) is 74.1 cm³/mol. The smallest absolute Gasteiger partial charge is 0.0667 e. The normalized spacial score (nSPS) is 30.4. The van der Waals surface area contributed by atoms with Gasteiger partial charge in [-0.2, -0.15) is 0 Å². The van der Waals surface area contributed by atoms with Crippen molar-refractivity contribution in [3.05, 3.63) is 0 Å². The van der Waals surface area contributed by atoms with E-state index < -0.39 is 0 Å². The Balaban J connectivity index is 2.87. The third kappa shape index (κ3) is 3.22. The van der Waals surface area contributed by atoms with Crippen molar-refractivity contribution >= 4 is 15.9 Å². The van der Waals surface area contributed by atoms with Gasteiger partial charge in [0.05, 0.1) is 11.2 Å². The van der Waals surface area contributed by atoms with E-state index in [9.17, 15) is 0 Å². The molecule has 0 aromatic rings. The zero-order valence-corrected chi connectivity index (χ0v) is 13.4. The average molecular weight is 291 g/mol. The molecule has 1 heterocycles. The summed E-state index contributed by atoms with van der Waals surface area (Å²) in [7, 11) is 0. The third-order valence-corrected chi connectivity index (χ3v) is 4.15. The second-order valence-corrected chi connectivity index (χ2v) is 8.76. The summed E-state index contributed by atoms with van der Waals surface area (Å²) in [5.74, 6) is 0.620. The van der Waals surface area contributed by atoms with Crippen LogP contribution in [0.4, 0.5) is 0 Å². The summed E-state index contributed by atoms with van der Waals surface area (Å²) in [6.07, 6.45) is 2.35. The Bertz CT molecular complexity index is 253. The maximum Gasteiger partial charge on any atom is 0.0667 e. The van der Waals surface area contributed by atoms with E-state index in [1.54, 1.807) is 0 Å². The Hall–Kier alpha value is 0.440. The zero-order chi connectivity index (χ0) is 12.8. The molecule has 2 heteroatoms. The van der Waals surface area contributed by atoms with Crippen molar-refractivity contribution in [3.8, 4) is 0 Å². The summed E-state index contributed by atoms with van der Waals surface area (Å²) >= 11 is 3.68. The van der Waals surface area contributed by atoms with Crippen molar-refractivity contribution in [3.63, 3.8) is 0 Å². The third-order valence-electron chi connectivity index (χ3n) is 3.82. The maximum absolute atomic E-state index is 6.20. The molecule has 1 fully saturated rings. The van der Waals surface area contributed by atoms with Crippen LogP contribution in [0.2, 0.25) is 0 Å². The molecular formula is C14H27BrO. The maximum atomic E-state index is 6.20. The lowest BCUT2D eigenvalue weighted by atomic mass is 9.67. The fourth-order valence-corrected chi connectivity index (χ4v) is 4.48. The van der Waals surface area contributed by atoms with Crippen molar-refractivity contribution in [1.82, 2.24) is 0 Å². The molecule has 0 bridgehead atoms. The molecule has 0 aromatic carbocycles. The van der Waals surface area contributed by atoms with E-state index in [0.717, 1.165) is 6.42 Å². The van der Waals surface area contributed by atoms with E-state index in [2.05, 4.69) is 64.4 Å². The minimum absolute atomic E-state index is 0.00507. The van der Waals surface area contributed by atoms with Gasteiger partial charge in [0.25, 0.3) is 0 Å². The van der Waals surface area contributed by atoms with Gasteiger partial charge in [-0.3, -0.25) is 0 Å². The topological polar surface area (TPSA) is 9.23 Å². The second kappa shape index (κ2) is 4.28. The van der Waals surface area contributed by atoms with Crippen LogP contribution in [0.15, 0.2) is 0 Å². The second-order valence-electron chi connectivity index (χ2n) is 7.20. The van der Waals surface area contributed by atoms with Crippen LogP contribution in [0.3, 0.4) is 0 Å². The van der Waals surface area contributed by atoms with Crippen molar-refractivity contribution in [2.24, 2.45) is 11.3 Å². The highest BCUT2D eigenvalue weighted by atomic mass is 79.9. The standard InChI is InChI=1S/C14H27BrO/c1-10(15)8-12(2,3)11-9-13(4,5)16-14(11,6)7/h10-11H,8-9H2,1-7H3. The lowest BCUT2D eigenvalue weighted by Gasteiger charge is -2.39. The fraction of sp³-hybridized carbons (Fsp3) is 1.00. The van der Waals surface area contributed by atoms with Gasteiger partial charge in [0.2, 0.25) is 0 Å². The van der Waals surface area contributed by atoms with Crippen molar-refractivity contribution in [2.75, 3.05) is 0 Å². The van der Waals surface area contributed by atoms with E-state index in [0.29, 0.717) is 16.2 Å². The number of halogens is 1. The molecule has 0 spiro atoms. The molecule has 1 saturated heterocycles. The Kier molecular flexibility index (Phi) is 3.88. The molecule has 0 amide bonds. The summed E-state index contributed by atoms with van der Waals surface area (Å²) < 4.78 is 6.20. The Morgan fingerprint density at radius 2 is 1.81 bits per heavy atom. The van der Waals surface area contributed by atoms with Crippen LogP contribution in [0.5, 0.6) is 0 Å². The van der Waals surface area contributed by atoms with Crippen molar-refractivity contribution in [1.29, 1.82) is 0 Å². The monoisotopic (exact) mass is 290 g/mol. The van der Waals surface area contributed by atoms with Gasteiger partial charge in [-0.05, 0) is 51.9 Å². The summed E-state index contributed by atoms with van der Waals surface area (Å²) in [4.78, 5) is 0.571. The molecule has 0 aliphatic carbocycles. The molecule has 96 valence electrons. The lowest BCUT2D eigenvalue weighted by molar-refractivity contribution is -0.0872. The van der Waals surface area contributed by atoms with E-state index in [1.165, 1.54) is 6.42 Å². The highest BCUT2D eigenvalue weighted by molar-refractivity contribution is 9.09.